The number of aromatic nitrogens is 4. The lowest BCUT2D eigenvalue weighted by molar-refractivity contribution is -0.259. The second-order valence-electron chi connectivity index (χ2n) is 5.07. The summed E-state index contributed by atoms with van der Waals surface area (Å²) in [6, 6.07) is 4.14. The molecule has 0 aliphatic carbocycles. The molecule has 1 atom stereocenters. The Hall–Kier alpha value is -2.19. The van der Waals surface area contributed by atoms with Crippen LogP contribution in [0.15, 0.2) is 36.8 Å². The van der Waals surface area contributed by atoms with Crippen LogP contribution in [0, 0.1) is 0 Å². The molecule has 0 aromatic carbocycles. The van der Waals surface area contributed by atoms with Gasteiger partial charge in [-0.25, -0.2) is 15.0 Å². The van der Waals surface area contributed by atoms with Crippen molar-refractivity contribution in [1.29, 1.82) is 0 Å². The zero-order valence-corrected chi connectivity index (χ0v) is 12.5. The molecule has 0 aliphatic rings. The van der Waals surface area contributed by atoms with Crippen LogP contribution in [0.5, 0.6) is 0 Å². The van der Waals surface area contributed by atoms with E-state index in [1.165, 1.54) is 35.1 Å². The van der Waals surface area contributed by atoms with E-state index in [4.69, 9.17) is 11.6 Å². The Morgan fingerprint density at radius 3 is 2.57 bits per heavy atom. The predicted octanol–water partition coefficient (Wildman–Crippen LogP) is 3.21. The van der Waals surface area contributed by atoms with Crippen molar-refractivity contribution in [3.8, 4) is 11.4 Å². The van der Waals surface area contributed by atoms with Crippen LogP contribution < -0.4 is 0 Å². The molecule has 3 rings (SSSR count). The molecule has 0 radical (unpaired) electrons. The number of halogens is 4. The Balaban J connectivity index is 2.18. The summed E-state index contributed by atoms with van der Waals surface area (Å²) < 4.78 is 40.4. The van der Waals surface area contributed by atoms with Gasteiger partial charge in [-0.1, -0.05) is 6.07 Å². The van der Waals surface area contributed by atoms with Crippen molar-refractivity contribution in [3.63, 3.8) is 0 Å². The van der Waals surface area contributed by atoms with Gasteiger partial charge < -0.3 is 5.11 Å². The highest BCUT2D eigenvalue weighted by Gasteiger charge is 2.51. The van der Waals surface area contributed by atoms with Gasteiger partial charge in [-0.3, -0.25) is 4.40 Å². The molecule has 1 unspecified atom stereocenters. The molecule has 0 saturated carbocycles. The molecule has 120 valence electrons. The number of hydrogen-bond donors (Lipinski definition) is 1. The topological polar surface area (TPSA) is 63.3 Å². The molecular formula is C14H10ClF3N4O. The molecule has 0 saturated heterocycles. The van der Waals surface area contributed by atoms with Crippen LogP contribution in [0.1, 0.15) is 12.5 Å². The van der Waals surface area contributed by atoms with Gasteiger partial charge in [-0.15, -0.1) is 0 Å². The lowest BCUT2D eigenvalue weighted by Gasteiger charge is -2.26. The van der Waals surface area contributed by atoms with Crippen molar-refractivity contribution < 1.29 is 18.3 Å². The largest absolute Gasteiger partial charge is 0.421 e. The fourth-order valence-corrected chi connectivity index (χ4v) is 2.25. The maximum Gasteiger partial charge on any atom is 0.421 e. The maximum atomic E-state index is 13.0. The van der Waals surface area contributed by atoms with Gasteiger partial charge in [-0.2, -0.15) is 13.2 Å². The monoisotopic (exact) mass is 342 g/mol. The van der Waals surface area contributed by atoms with Crippen molar-refractivity contribution in [2.24, 2.45) is 0 Å². The number of hydrogen-bond acceptors (Lipinski definition) is 4. The molecule has 0 aliphatic heterocycles. The Morgan fingerprint density at radius 2 is 1.91 bits per heavy atom. The van der Waals surface area contributed by atoms with Gasteiger partial charge in [-0.05, 0) is 30.7 Å². The minimum atomic E-state index is -4.81. The van der Waals surface area contributed by atoms with Crippen LogP contribution in [0.4, 0.5) is 13.2 Å². The van der Waals surface area contributed by atoms with Crippen LogP contribution >= 0.6 is 11.6 Å². The maximum absolute atomic E-state index is 13.0. The van der Waals surface area contributed by atoms with Crippen molar-refractivity contribution in [2.75, 3.05) is 0 Å². The van der Waals surface area contributed by atoms with Gasteiger partial charge in [0.2, 0.25) is 5.28 Å². The first-order valence-electron chi connectivity index (χ1n) is 6.46. The Labute approximate surface area is 133 Å². The van der Waals surface area contributed by atoms with E-state index in [0.29, 0.717) is 24.0 Å². The third-order valence-electron chi connectivity index (χ3n) is 3.51. The van der Waals surface area contributed by atoms with Crippen LogP contribution in [-0.2, 0) is 5.60 Å². The van der Waals surface area contributed by atoms with Gasteiger partial charge >= 0.3 is 6.18 Å². The summed E-state index contributed by atoms with van der Waals surface area (Å²) in [5, 5.41) is 9.83. The Kier molecular flexibility index (Phi) is 3.53. The summed E-state index contributed by atoms with van der Waals surface area (Å²) in [4.78, 5) is 11.9. The first kappa shape index (κ1) is 15.7. The van der Waals surface area contributed by atoms with Crippen molar-refractivity contribution >= 4 is 17.2 Å². The van der Waals surface area contributed by atoms with E-state index in [1.807, 2.05) is 0 Å². The SMILES string of the molecule is CC(O)(c1ccc2ncc(-c3ccnc(Cl)n3)n2c1)C(F)(F)F. The van der Waals surface area contributed by atoms with Crippen LogP contribution in [0.3, 0.4) is 0 Å². The molecule has 0 spiro atoms. The third-order valence-corrected chi connectivity index (χ3v) is 3.69. The molecule has 0 amide bonds. The standard InChI is InChI=1S/C14H10ClF3N4O/c1-13(23,14(16,17)18)8-2-3-11-20-6-10(22(11)7-8)9-4-5-19-12(15)21-9/h2-7,23H,1H3. The van der Waals surface area contributed by atoms with Crippen LogP contribution in [-0.4, -0.2) is 30.6 Å². The molecule has 0 bridgehead atoms. The fraction of sp³-hybridized carbons (Fsp3) is 0.214. The minimum absolute atomic E-state index is 0.0101. The second-order valence-corrected chi connectivity index (χ2v) is 5.41. The van der Waals surface area contributed by atoms with Crippen LogP contribution in [0.2, 0.25) is 5.28 Å². The predicted molar refractivity (Wildman–Crippen MR) is 76.9 cm³/mol. The summed E-state index contributed by atoms with van der Waals surface area (Å²) in [6.45, 7) is 0.701. The molecule has 1 N–H and O–H groups in total. The second kappa shape index (κ2) is 5.17. The molecule has 23 heavy (non-hydrogen) atoms. The normalized spacial score (nSPS) is 14.9. The van der Waals surface area contributed by atoms with E-state index in [0.717, 1.165) is 0 Å². The number of pyridine rings is 1. The zero-order chi connectivity index (χ0) is 16.8. The van der Waals surface area contributed by atoms with E-state index >= 15 is 0 Å². The number of imidazole rings is 1. The fourth-order valence-electron chi connectivity index (χ4n) is 2.10. The molecule has 5 nitrogen and oxygen atoms in total. The number of alkyl halides is 3. The summed E-state index contributed by atoms with van der Waals surface area (Å²) in [5.41, 5.74) is -2.04. The van der Waals surface area contributed by atoms with Gasteiger partial charge in [0.05, 0.1) is 17.6 Å². The highest BCUT2D eigenvalue weighted by atomic mass is 35.5. The van der Waals surface area contributed by atoms with E-state index in [2.05, 4.69) is 15.0 Å². The van der Waals surface area contributed by atoms with E-state index in [1.54, 1.807) is 6.07 Å². The summed E-state index contributed by atoms with van der Waals surface area (Å²) in [5.74, 6) is 0. The third kappa shape index (κ3) is 2.64. The summed E-state index contributed by atoms with van der Waals surface area (Å²) in [6.07, 6.45) is -0.735. The van der Waals surface area contributed by atoms with E-state index < -0.39 is 11.8 Å². The number of aliphatic hydroxyl groups is 1. The van der Waals surface area contributed by atoms with Gasteiger partial charge in [0.15, 0.2) is 5.60 Å². The summed E-state index contributed by atoms with van der Waals surface area (Å²) in [7, 11) is 0. The highest BCUT2D eigenvalue weighted by Crippen LogP contribution is 2.38. The molecule has 9 heteroatoms. The molecule has 3 heterocycles. The van der Waals surface area contributed by atoms with Gasteiger partial charge in [0.1, 0.15) is 5.65 Å². The molecule has 3 aromatic heterocycles. The molecule has 0 fully saturated rings. The van der Waals surface area contributed by atoms with Crippen molar-refractivity contribution in [2.45, 2.75) is 18.7 Å². The average molecular weight is 343 g/mol. The van der Waals surface area contributed by atoms with Gasteiger partial charge in [0.25, 0.3) is 0 Å². The zero-order valence-electron chi connectivity index (χ0n) is 11.7. The first-order chi connectivity index (χ1) is 10.7. The van der Waals surface area contributed by atoms with Gasteiger partial charge in [0, 0.05) is 18.0 Å². The number of nitrogens with zero attached hydrogens (tertiary/aromatic N) is 4. The highest BCUT2D eigenvalue weighted by molar-refractivity contribution is 6.28. The summed E-state index contributed by atoms with van der Waals surface area (Å²) >= 11 is 5.74. The quantitative estimate of drug-likeness (QED) is 0.726. The molecular weight excluding hydrogens is 333 g/mol. The minimum Gasteiger partial charge on any atom is -0.376 e. The number of rotatable bonds is 2. The molecule has 3 aromatic rings. The lowest BCUT2D eigenvalue weighted by atomic mass is 9.97. The van der Waals surface area contributed by atoms with Crippen molar-refractivity contribution in [1.82, 2.24) is 19.4 Å². The lowest BCUT2D eigenvalue weighted by Crippen LogP contribution is -2.39. The van der Waals surface area contributed by atoms with E-state index in [9.17, 15) is 18.3 Å². The Morgan fingerprint density at radius 1 is 1.17 bits per heavy atom. The smallest absolute Gasteiger partial charge is 0.376 e. The average Bonchev–Trinajstić information content (AvgIpc) is 2.89. The van der Waals surface area contributed by atoms with Crippen molar-refractivity contribution in [3.05, 3.63) is 47.6 Å². The Bertz CT molecular complexity index is 876. The number of fused-ring (bicyclic) bond motifs is 1. The van der Waals surface area contributed by atoms with E-state index in [-0.39, 0.29) is 10.8 Å². The van der Waals surface area contributed by atoms with Crippen LogP contribution in [0.25, 0.3) is 17.0 Å². The first-order valence-corrected chi connectivity index (χ1v) is 6.83.